The fourth-order valence-electron chi connectivity index (χ4n) is 7.57. The summed E-state index contributed by atoms with van der Waals surface area (Å²) in [5.41, 5.74) is -0.139. The highest BCUT2D eigenvalue weighted by molar-refractivity contribution is 7.85. The number of rotatable bonds is 12. The van der Waals surface area contributed by atoms with E-state index >= 15 is 0 Å². The van der Waals surface area contributed by atoms with Gasteiger partial charge in [0.1, 0.15) is 5.92 Å². The fraction of sp³-hybridized carbons (Fsp3) is 0.474. The van der Waals surface area contributed by atoms with Crippen LogP contribution in [-0.4, -0.2) is 103 Å². The Morgan fingerprint density at radius 3 is 1.98 bits per heavy atom. The van der Waals surface area contributed by atoms with E-state index in [-0.39, 0.29) is 102 Å². The van der Waals surface area contributed by atoms with Crippen LogP contribution >= 0.6 is 23.2 Å². The van der Waals surface area contributed by atoms with Crippen LogP contribution in [0.1, 0.15) is 56.4 Å². The van der Waals surface area contributed by atoms with Crippen LogP contribution in [0.5, 0.6) is 0 Å². The molecule has 5 rings (SSSR count). The van der Waals surface area contributed by atoms with Crippen molar-refractivity contribution in [2.45, 2.75) is 55.8 Å². The summed E-state index contributed by atoms with van der Waals surface area (Å²) in [5.74, 6) is -5.08. The van der Waals surface area contributed by atoms with Crippen LogP contribution in [0.25, 0.3) is 0 Å². The van der Waals surface area contributed by atoms with E-state index in [2.05, 4.69) is 0 Å². The number of esters is 3. The molecule has 0 bridgehead atoms. The average Bonchev–Trinajstić information content (AvgIpc) is 3.61. The van der Waals surface area contributed by atoms with Gasteiger partial charge < -0.3 is 24.0 Å². The van der Waals surface area contributed by atoms with E-state index in [4.69, 9.17) is 42.4 Å². The minimum absolute atomic E-state index is 0.0209. The molecule has 2 amide bonds. The van der Waals surface area contributed by atoms with Crippen LogP contribution < -0.4 is 0 Å². The molecule has 1 saturated carbocycles. The van der Waals surface area contributed by atoms with Crippen molar-refractivity contribution in [1.82, 2.24) is 9.80 Å². The van der Waals surface area contributed by atoms with Crippen molar-refractivity contribution < 1.29 is 42.4 Å². The number of amides is 2. The zero-order valence-electron chi connectivity index (χ0n) is 29.9. The van der Waals surface area contributed by atoms with Crippen LogP contribution in [0.3, 0.4) is 0 Å². The van der Waals surface area contributed by atoms with E-state index in [1.807, 2.05) is 0 Å². The first-order valence-corrected chi connectivity index (χ1v) is 19.5. The summed E-state index contributed by atoms with van der Waals surface area (Å²) in [5, 5.41) is 0.307. The summed E-state index contributed by atoms with van der Waals surface area (Å²) in [6.45, 7) is 1.03. The molecule has 0 N–H and O–H groups in total. The van der Waals surface area contributed by atoms with Gasteiger partial charge in [0.15, 0.2) is 0 Å². The number of aliphatic imine (C=N–C) groups is 1. The van der Waals surface area contributed by atoms with E-state index < -0.39 is 40.0 Å². The first-order chi connectivity index (χ1) is 25.4. The molecular formula is C38H43Cl2N3O9S. The van der Waals surface area contributed by atoms with Gasteiger partial charge in [0.05, 0.1) is 62.0 Å². The van der Waals surface area contributed by atoms with Gasteiger partial charge in [-0.25, -0.2) is 4.79 Å². The topological polar surface area (TPSA) is 149 Å². The SMILES string of the molecule is COC(=O)CC1(CC(=O)N2CCN(C(=O)CC3=C(C(=O)OC)[C@H](c4c(Cl)cccc4Cl)C(C(=O)OC)C(C[S@](=O)c4ccccc4)=N3)CC2)CCCC1. The van der Waals surface area contributed by atoms with Crippen molar-refractivity contribution in [2.75, 3.05) is 53.3 Å². The predicted molar refractivity (Wildman–Crippen MR) is 199 cm³/mol. The zero-order chi connectivity index (χ0) is 38.3. The fourth-order valence-corrected chi connectivity index (χ4v) is 9.35. The van der Waals surface area contributed by atoms with Gasteiger partial charge in [0.25, 0.3) is 0 Å². The van der Waals surface area contributed by atoms with Gasteiger partial charge in [0, 0.05) is 59.2 Å². The van der Waals surface area contributed by atoms with Crippen molar-refractivity contribution >= 4 is 69.4 Å². The second kappa shape index (κ2) is 17.8. The van der Waals surface area contributed by atoms with E-state index in [1.54, 1.807) is 58.3 Å². The summed E-state index contributed by atoms with van der Waals surface area (Å²) >= 11 is 13.4. The first kappa shape index (κ1) is 40.1. The maximum atomic E-state index is 14.0. The molecule has 1 unspecified atom stereocenters. The third-order valence-electron chi connectivity index (χ3n) is 10.3. The Bertz CT molecular complexity index is 1800. The Morgan fingerprint density at radius 1 is 0.811 bits per heavy atom. The number of nitrogens with zero attached hydrogens (tertiary/aromatic N) is 3. The lowest BCUT2D eigenvalue weighted by atomic mass is 9.75. The number of ether oxygens (including phenoxy) is 3. The highest BCUT2D eigenvalue weighted by atomic mass is 35.5. The first-order valence-electron chi connectivity index (χ1n) is 17.4. The lowest BCUT2D eigenvalue weighted by Crippen LogP contribution is -2.51. The van der Waals surface area contributed by atoms with Gasteiger partial charge in [-0.2, -0.15) is 0 Å². The van der Waals surface area contributed by atoms with Gasteiger partial charge >= 0.3 is 17.9 Å². The molecule has 2 fully saturated rings. The van der Waals surface area contributed by atoms with Crippen LogP contribution in [-0.2, 0) is 49.0 Å². The molecule has 0 aromatic heterocycles. The van der Waals surface area contributed by atoms with E-state index in [9.17, 15) is 28.2 Å². The number of carbonyl (C=O) groups excluding carboxylic acids is 5. The normalized spacial score (nSPS) is 20.4. The second-order valence-corrected chi connectivity index (χ2v) is 15.7. The van der Waals surface area contributed by atoms with Crippen molar-refractivity contribution in [3.05, 3.63) is 75.4 Å². The Hall–Kier alpha value is -4.07. The summed E-state index contributed by atoms with van der Waals surface area (Å²) in [7, 11) is 2.04. The number of hydrogen-bond donors (Lipinski definition) is 0. The van der Waals surface area contributed by atoms with Gasteiger partial charge in [0.2, 0.25) is 11.8 Å². The maximum Gasteiger partial charge on any atom is 0.336 e. The molecule has 0 spiro atoms. The maximum absolute atomic E-state index is 14.0. The van der Waals surface area contributed by atoms with Crippen LogP contribution in [0.15, 0.2) is 69.7 Å². The summed E-state index contributed by atoms with van der Waals surface area (Å²) in [6, 6.07) is 13.4. The summed E-state index contributed by atoms with van der Waals surface area (Å²) < 4.78 is 29.0. The quantitative estimate of drug-likeness (QED) is 0.211. The Balaban J connectivity index is 1.45. The third kappa shape index (κ3) is 9.18. The van der Waals surface area contributed by atoms with Crippen LogP contribution in [0.2, 0.25) is 10.0 Å². The molecule has 3 aliphatic rings. The average molecular weight is 789 g/mol. The number of benzene rings is 2. The number of piperazine rings is 1. The molecular weight excluding hydrogens is 745 g/mol. The van der Waals surface area contributed by atoms with E-state index in [0.717, 1.165) is 25.7 Å². The van der Waals surface area contributed by atoms with Crippen molar-refractivity contribution in [1.29, 1.82) is 0 Å². The molecule has 3 atom stereocenters. The molecule has 2 aromatic carbocycles. The predicted octanol–water partition coefficient (Wildman–Crippen LogP) is 5.13. The second-order valence-electron chi connectivity index (χ2n) is 13.4. The molecule has 284 valence electrons. The lowest BCUT2D eigenvalue weighted by molar-refractivity contribution is -0.146. The minimum atomic E-state index is -1.68. The van der Waals surface area contributed by atoms with Crippen molar-refractivity contribution in [2.24, 2.45) is 16.3 Å². The zero-order valence-corrected chi connectivity index (χ0v) is 32.3. The highest BCUT2D eigenvalue weighted by Gasteiger charge is 2.47. The molecule has 1 aliphatic carbocycles. The molecule has 12 nitrogen and oxygen atoms in total. The van der Waals surface area contributed by atoms with Crippen LogP contribution in [0, 0.1) is 11.3 Å². The van der Waals surface area contributed by atoms with Crippen LogP contribution in [0.4, 0.5) is 0 Å². The minimum Gasteiger partial charge on any atom is -0.469 e. The monoisotopic (exact) mass is 787 g/mol. The Kier molecular flexibility index (Phi) is 13.5. The highest BCUT2D eigenvalue weighted by Crippen LogP contribution is 2.47. The number of methoxy groups -OCH3 is 3. The summed E-state index contributed by atoms with van der Waals surface area (Å²) in [6.07, 6.45) is 3.53. The standard InChI is InChI=1S/C38H43Cl2N3O9S/c1-50-31(46)22-38(14-7-8-15-38)21-30(45)43-18-16-42(17-19-43)29(44)20-27-33(36(47)51-2)35(32-25(39)12-9-13-26(32)40)34(37(48)52-3)28(41-27)23-53(49)24-10-5-4-6-11-24/h4-6,9-13,34-35H,7-8,14-23H2,1-3H3/t34?,35-,53-/m0/s1. The Morgan fingerprint density at radius 2 is 1.42 bits per heavy atom. The largest absolute Gasteiger partial charge is 0.469 e. The molecule has 2 heterocycles. The van der Waals surface area contributed by atoms with Crippen molar-refractivity contribution in [3.63, 3.8) is 0 Å². The van der Waals surface area contributed by atoms with E-state index in [0.29, 0.717) is 4.90 Å². The van der Waals surface area contributed by atoms with Gasteiger partial charge in [-0.15, -0.1) is 0 Å². The summed E-state index contributed by atoms with van der Waals surface area (Å²) in [4.78, 5) is 75.4. The van der Waals surface area contributed by atoms with E-state index in [1.165, 1.54) is 21.3 Å². The number of halogens is 2. The molecule has 15 heteroatoms. The van der Waals surface area contributed by atoms with Gasteiger partial charge in [-0.05, 0) is 48.1 Å². The van der Waals surface area contributed by atoms with Gasteiger partial charge in [-0.3, -0.25) is 28.4 Å². The molecule has 1 saturated heterocycles. The molecule has 2 aromatic rings. The molecule has 53 heavy (non-hydrogen) atoms. The molecule has 0 radical (unpaired) electrons. The molecule has 2 aliphatic heterocycles. The number of hydrogen-bond acceptors (Lipinski definition) is 10. The van der Waals surface area contributed by atoms with Crippen molar-refractivity contribution in [3.8, 4) is 0 Å². The Labute approximate surface area is 321 Å². The third-order valence-corrected chi connectivity index (χ3v) is 12.3. The van der Waals surface area contributed by atoms with Gasteiger partial charge in [-0.1, -0.05) is 60.3 Å². The smallest absolute Gasteiger partial charge is 0.336 e. The lowest BCUT2D eigenvalue weighted by Gasteiger charge is -2.37. The number of carbonyl (C=O) groups is 5.